The zero-order chi connectivity index (χ0) is 28.9. The van der Waals surface area contributed by atoms with Crippen molar-refractivity contribution < 1.29 is 28.6 Å². The molecule has 0 radical (unpaired) electrons. The van der Waals surface area contributed by atoms with Gasteiger partial charge in [-0.2, -0.15) is 0 Å². The molecule has 9 nitrogen and oxygen atoms in total. The van der Waals surface area contributed by atoms with E-state index in [4.69, 9.17) is 9.15 Å². The molecule has 4 atom stereocenters. The van der Waals surface area contributed by atoms with Gasteiger partial charge in [-0.25, -0.2) is 4.98 Å². The molecule has 212 valence electrons. The van der Waals surface area contributed by atoms with Gasteiger partial charge in [0.1, 0.15) is 18.0 Å². The molecular formula is C31H37N3O6. The van der Waals surface area contributed by atoms with Crippen LogP contribution in [0.3, 0.4) is 0 Å². The van der Waals surface area contributed by atoms with E-state index in [2.05, 4.69) is 28.8 Å². The molecular weight excluding hydrogens is 510 g/mol. The zero-order valence-corrected chi connectivity index (χ0v) is 22.8. The number of ether oxygens (including phenoxy) is 1. The minimum absolute atomic E-state index is 0.101. The molecule has 9 heteroatoms. The van der Waals surface area contributed by atoms with Gasteiger partial charge in [-0.1, -0.05) is 54.6 Å². The molecule has 0 fully saturated rings. The van der Waals surface area contributed by atoms with E-state index in [9.17, 15) is 19.5 Å². The van der Waals surface area contributed by atoms with E-state index in [1.165, 1.54) is 6.08 Å². The number of esters is 1. The van der Waals surface area contributed by atoms with Crippen LogP contribution >= 0.6 is 0 Å². The number of hydrogen-bond acceptors (Lipinski definition) is 7. The minimum atomic E-state index is -1.05. The van der Waals surface area contributed by atoms with Crippen molar-refractivity contribution in [3.8, 4) is 0 Å². The third kappa shape index (κ3) is 8.91. The maximum absolute atomic E-state index is 13.2. The van der Waals surface area contributed by atoms with Gasteiger partial charge in [0.2, 0.25) is 11.8 Å². The van der Waals surface area contributed by atoms with Gasteiger partial charge in [-0.3, -0.25) is 14.4 Å². The number of aromatic nitrogens is 1. The van der Waals surface area contributed by atoms with E-state index in [0.29, 0.717) is 29.8 Å². The monoisotopic (exact) mass is 547 g/mol. The highest BCUT2D eigenvalue weighted by Crippen LogP contribution is 2.20. The van der Waals surface area contributed by atoms with Crippen LogP contribution in [0.5, 0.6) is 0 Å². The first-order valence-corrected chi connectivity index (χ1v) is 13.3. The summed E-state index contributed by atoms with van der Waals surface area (Å²) in [6, 6.07) is 15.7. The van der Waals surface area contributed by atoms with Gasteiger partial charge in [-0.15, -0.1) is 13.2 Å². The summed E-state index contributed by atoms with van der Waals surface area (Å²) in [4.78, 5) is 43.5. The number of oxazole rings is 1. The van der Waals surface area contributed by atoms with Gasteiger partial charge in [0.25, 0.3) is 0 Å². The minimum Gasteiger partial charge on any atom is -0.463 e. The summed E-state index contributed by atoms with van der Waals surface area (Å²) in [5, 5.41) is 14.8. The van der Waals surface area contributed by atoms with Gasteiger partial charge >= 0.3 is 5.97 Å². The summed E-state index contributed by atoms with van der Waals surface area (Å²) < 4.78 is 11.5. The fraction of sp³-hybridized carbons (Fsp3) is 0.355. The van der Waals surface area contributed by atoms with E-state index in [1.54, 1.807) is 13.0 Å². The molecule has 0 spiro atoms. The lowest BCUT2D eigenvalue weighted by Crippen LogP contribution is -2.49. The fourth-order valence-corrected chi connectivity index (χ4v) is 4.22. The van der Waals surface area contributed by atoms with E-state index < -0.39 is 41.7 Å². The summed E-state index contributed by atoms with van der Waals surface area (Å²) >= 11 is 0. The quantitative estimate of drug-likeness (QED) is 0.142. The summed E-state index contributed by atoms with van der Waals surface area (Å²) in [5.74, 6) is -2.69. The molecule has 1 aromatic heterocycles. The molecule has 3 N–H and O–H groups in total. The first-order chi connectivity index (χ1) is 19.3. The second kappa shape index (κ2) is 15.4. The fourth-order valence-electron chi connectivity index (χ4n) is 4.22. The summed E-state index contributed by atoms with van der Waals surface area (Å²) in [6.07, 6.45) is 4.22. The van der Waals surface area contributed by atoms with Crippen LogP contribution in [0.2, 0.25) is 0 Å². The van der Waals surface area contributed by atoms with Crippen molar-refractivity contribution in [2.24, 2.45) is 11.8 Å². The van der Waals surface area contributed by atoms with Crippen LogP contribution in [0.1, 0.15) is 31.2 Å². The Hall–Kier alpha value is -4.24. The highest BCUT2D eigenvalue weighted by Gasteiger charge is 2.29. The molecule has 0 bridgehead atoms. The molecule has 0 saturated heterocycles. The van der Waals surface area contributed by atoms with Crippen LogP contribution < -0.4 is 10.6 Å². The molecule has 2 aromatic carbocycles. The number of benzene rings is 2. The number of hydrogen-bond donors (Lipinski definition) is 3. The zero-order valence-electron chi connectivity index (χ0n) is 22.8. The number of carbonyl (C=O) groups is 3. The first-order valence-electron chi connectivity index (χ1n) is 13.3. The standard InChI is InChI=1S/C31H37N3O6/c1-4-11-23(18-28-34-26-15-9-10-16-27(26)40-28)31(38)39-20-24(17-22-13-7-6-8-14-22)33-30(37)25(12-5-2)29(36)32-21(3)19-35/h4-10,13-16,21,23-25,35H,1-2,11-12,17-20H2,3H3,(H,32,36)(H,33,37)/t21-,23-,24+,25?/m1/s1. The number of para-hydroxylation sites is 2. The lowest BCUT2D eigenvalue weighted by molar-refractivity contribution is -0.150. The predicted molar refractivity (Wildman–Crippen MR) is 152 cm³/mol. The molecule has 1 heterocycles. The Kier molecular flexibility index (Phi) is 11.6. The molecule has 0 aliphatic carbocycles. The highest BCUT2D eigenvalue weighted by atomic mass is 16.5. The average molecular weight is 548 g/mol. The SMILES string of the molecule is C=CCC(C(=O)N[C@H](COC(=O)[C@H](CC=C)Cc1nc2ccccc2o1)Cc1ccccc1)C(=O)N[C@H](C)CO. The van der Waals surface area contributed by atoms with Crippen molar-refractivity contribution in [2.45, 2.75) is 44.7 Å². The number of fused-ring (bicyclic) bond motifs is 1. The molecule has 0 aliphatic rings. The number of aliphatic hydroxyl groups is 1. The lowest BCUT2D eigenvalue weighted by atomic mass is 10.0. The highest BCUT2D eigenvalue weighted by molar-refractivity contribution is 6.00. The Labute approximate surface area is 234 Å². The second-order valence-electron chi connectivity index (χ2n) is 9.70. The number of nitrogens with one attached hydrogen (secondary N) is 2. The second-order valence-corrected chi connectivity index (χ2v) is 9.70. The van der Waals surface area contributed by atoms with E-state index in [-0.39, 0.29) is 26.1 Å². The Morgan fingerprint density at radius 1 is 0.975 bits per heavy atom. The van der Waals surface area contributed by atoms with Crippen LogP contribution in [0.25, 0.3) is 11.1 Å². The van der Waals surface area contributed by atoms with Gasteiger partial charge < -0.3 is 24.9 Å². The Balaban J connectivity index is 1.71. The third-order valence-corrected chi connectivity index (χ3v) is 6.34. The first kappa shape index (κ1) is 30.3. The normalized spacial score (nSPS) is 13.9. The van der Waals surface area contributed by atoms with Crippen molar-refractivity contribution in [2.75, 3.05) is 13.2 Å². The van der Waals surface area contributed by atoms with Crippen LogP contribution in [0, 0.1) is 11.8 Å². The number of aliphatic hydroxyl groups excluding tert-OH is 1. The molecule has 0 saturated carbocycles. The van der Waals surface area contributed by atoms with E-state index >= 15 is 0 Å². The number of rotatable bonds is 16. The van der Waals surface area contributed by atoms with Gasteiger partial charge in [-0.05, 0) is 43.9 Å². The molecule has 0 aliphatic heterocycles. The Bertz CT molecular complexity index is 1260. The molecule has 40 heavy (non-hydrogen) atoms. The van der Waals surface area contributed by atoms with Gasteiger partial charge in [0.05, 0.1) is 18.6 Å². The van der Waals surface area contributed by atoms with E-state index in [0.717, 1.165) is 5.56 Å². The lowest BCUT2D eigenvalue weighted by Gasteiger charge is -2.24. The maximum atomic E-state index is 13.2. The Morgan fingerprint density at radius 2 is 1.65 bits per heavy atom. The maximum Gasteiger partial charge on any atom is 0.309 e. The van der Waals surface area contributed by atoms with Crippen LogP contribution in [-0.4, -0.2) is 53.2 Å². The van der Waals surface area contributed by atoms with Crippen LogP contribution in [0.15, 0.2) is 84.3 Å². The van der Waals surface area contributed by atoms with Crippen molar-refractivity contribution in [1.82, 2.24) is 15.6 Å². The van der Waals surface area contributed by atoms with Crippen LogP contribution in [0.4, 0.5) is 0 Å². The van der Waals surface area contributed by atoms with Crippen molar-refractivity contribution in [3.63, 3.8) is 0 Å². The van der Waals surface area contributed by atoms with E-state index in [1.807, 2.05) is 54.6 Å². The van der Waals surface area contributed by atoms with Crippen LogP contribution in [-0.2, 0) is 32.0 Å². The molecule has 3 aromatic rings. The number of nitrogens with zero attached hydrogens (tertiary/aromatic N) is 1. The third-order valence-electron chi connectivity index (χ3n) is 6.34. The average Bonchev–Trinajstić information content (AvgIpc) is 3.37. The number of allylic oxidation sites excluding steroid dienone is 2. The number of amides is 2. The number of carbonyl (C=O) groups excluding carboxylic acids is 3. The Morgan fingerprint density at radius 3 is 2.33 bits per heavy atom. The topological polar surface area (TPSA) is 131 Å². The molecule has 2 amide bonds. The molecule has 3 rings (SSSR count). The largest absolute Gasteiger partial charge is 0.463 e. The summed E-state index contributed by atoms with van der Waals surface area (Å²) in [6.45, 7) is 8.70. The smallest absolute Gasteiger partial charge is 0.309 e. The van der Waals surface area contributed by atoms with Gasteiger partial charge in [0.15, 0.2) is 11.5 Å². The predicted octanol–water partition coefficient (Wildman–Crippen LogP) is 3.52. The van der Waals surface area contributed by atoms with Crippen molar-refractivity contribution in [3.05, 3.63) is 91.4 Å². The van der Waals surface area contributed by atoms with Crippen molar-refractivity contribution in [1.29, 1.82) is 0 Å². The van der Waals surface area contributed by atoms with Crippen molar-refractivity contribution >= 4 is 28.9 Å². The van der Waals surface area contributed by atoms with Gasteiger partial charge in [0, 0.05) is 12.5 Å². The summed E-state index contributed by atoms with van der Waals surface area (Å²) in [5.41, 5.74) is 2.28. The molecule has 1 unspecified atom stereocenters. The summed E-state index contributed by atoms with van der Waals surface area (Å²) in [7, 11) is 0.